The van der Waals surface area contributed by atoms with Gasteiger partial charge in [0.2, 0.25) is 5.91 Å². The summed E-state index contributed by atoms with van der Waals surface area (Å²) in [6, 6.07) is 1.32. The molecule has 1 fully saturated rings. The van der Waals surface area contributed by atoms with Crippen LogP contribution in [0.3, 0.4) is 0 Å². The molecule has 1 aliphatic carbocycles. The Morgan fingerprint density at radius 1 is 1.16 bits per heavy atom. The predicted octanol–water partition coefficient (Wildman–Crippen LogP) is 2.04. The summed E-state index contributed by atoms with van der Waals surface area (Å²) in [5.41, 5.74) is 6.61. The van der Waals surface area contributed by atoms with E-state index in [-0.39, 0.29) is 12.5 Å². The molecule has 1 aromatic rings. The Balaban J connectivity index is 1.58. The van der Waals surface area contributed by atoms with Gasteiger partial charge in [-0.3, -0.25) is 9.59 Å². The highest BCUT2D eigenvalue weighted by Gasteiger charge is 2.31. The summed E-state index contributed by atoms with van der Waals surface area (Å²) < 4.78 is 5.21. The number of likely N-dealkylation sites (tertiary alicyclic amines) is 1. The first-order chi connectivity index (χ1) is 12.1. The lowest BCUT2D eigenvalue weighted by Gasteiger charge is -2.33. The van der Waals surface area contributed by atoms with Crippen LogP contribution in [0.1, 0.15) is 58.6 Å². The van der Waals surface area contributed by atoms with E-state index >= 15 is 0 Å². The number of aryl methyl sites for hydroxylation is 2. The van der Waals surface area contributed by atoms with E-state index in [1.54, 1.807) is 0 Å². The highest BCUT2D eigenvalue weighted by molar-refractivity contribution is 7.14. The molecule has 136 valence electrons. The average molecular weight is 364 g/mol. The fourth-order valence-corrected chi connectivity index (χ4v) is 4.72. The Morgan fingerprint density at radius 2 is 1.96 bits per heavy atom. The van der Waals surface area contributed by atoms with Crippen molar-refractivity contribution in [2.75, 3.05) is 13.2 Å². The molecule has 0 spiro atoms. The highest BCUT2D eigenvalue weighted by atomic mass is 32.1. The third kappa shape index (κ3) is 4.21. The number of esters is 1. The van der Waals surface area contributed by atoms with Crippen molar-refractivity contribution in [3.05, 3.63) is 21.4 Å². The van der Waals surface area contributed by atoms with Crippen molar-refractivity contribution >= 4 is 29.1 Å². The summed E-state index contributed by atoms with van der Waals surface area (Å²) in [6.45, 7) is 0.141. The number of piperidine rings is 1. The van der Waals surface area contributed by atoms with E-state index in [1.165, 1.54) is 33.1 Å². The van der Waals surface area contributed by atoms with Gasteiger partial charge in [-0.25, -0.2) is 4.79 Å². The van der Waals surface area contributed by atoms with Gasteiger partial charge in [-0.1, -0.05) is 6.42 Å². The molecule has 0 bridgehead atoms. The molecule has 2 heterocycles. The molecular formula is C18H24N2O4S. The van der Waals surface area contributed by atoms with Gasteiger partial charge in [0.15, 0.2) is 6.61 Å². The minimum atomic E-state index is -0.585. The Labute approximate surface area is 151 Å². The molecule has 1 saturated heterocycles. The standard InChI is InChI=1S/C18H24N2O4S/c19-17(22)13-7-4-5-9-20(13)16(21)11-24-18(23)15-10-12-6-2-1-3-8-14(12)25-15/h10,13H,1-9,11H2,(H2,19,22)/t13-/m0/s1. The van der Waals surface area contributed by atoms with E-state index in [1.807, 2.05) is 6.07 Å². The Bertz CT molecular complexity index is 647. The number of carbonyl (C=O) groups is 3. The molecule has 0 aromatic carbocycles. The second kappa shape index (κ2) is 7.99. The van der Waals surface area contributed by atoms with Crippen molar-refractivity contribution in [2.24, 2.45) is 5.73 Å². The molecular weight excluding hydrogens is 340 g/mol. The zero-order valence-corrected chi connectivity index (χ0v) is 15.1. The first-order valence-electron chi connectivity index (χ1n) is 8.94. The molecule has 2 aliphatic rings. The van der Waals surface area contributed by atoms with E-state index in [9.17, 15) is 14.4 Å². The second-order valence-corrected chi connectivity index (χ2v) is 7.83. The third-order valence-electron chi connectivity index (χ3n) is 4.93. The number of ether oxygens (including phenoxy) is 1. The maximum absolute atomic E-state index is 12.3. The van der Waals surface area contributed by atoms with Crippen molar-refractivity contribution in [3.8, 4) is 0 Å². The average Bonchev–Trinajstić information content (AvgIpc) is 2.90. The minimum absolute atomic E-state index is 0.342. The first kappa shape index (κ1) is 17.9. The van der Waals surface area contributed by atoms with Crippen LogP contribution in [0.2, 0.25) is 0 Å². The van der Waals surface area contributed by atoms with Crippen LogP contribution in [0.15, 0.2) is 6.07 Å². The minimum Gasteiger partial charge on any atom is -0.451 e. The number of amides is 2. The summed E-state index contributed by atoms with van der Waals surface area (Å²) in [4.78, 5) is 39.4. The topological polar surface area (TPSA) is 89.7 Å². The summed E-state index contributed by atoms with van der Waals surface area (Å²) in [7, 11) is 0. The first-order valence-corrected chi connectivity index (χ1v) is 9.75. The van der Waals surface area contributed by atoms with E-state index in [0.29, 0.717) is 17.8 Å². The SMILES string of the molecule is NC(=O)[C@@H]1CCCCN1C(=O)COC(=O)c1cc2c(s1)CCCCC2. The van der Waals surface area contributed by atoms with Crippen LogP contribution in [-0.4, -0.2) is 41.9 Å². The molecule has 2 amide bonds. The van der Waals surface area contributed by atoms with Gasteiger partial charge in [0.25, 0.3) is 5.91 Å². The number of hydrogen-bond donors (Lipinski definition) is 1. The molecule has 3 rings (SSSR count). The number of rotatable bonds is 4. The van der Waals surface area contributed by atoms with Gasteiger partial charge in [-0.05, 0) is 56.6 Å². The van der Waals surface area contributed by atoms with E-state index in [0.717, 1.165) is 38.5 Å². The molecule has 0 radical (unpaired) electrons. The lowest BCUT2D eigenvalue weighted by atomic mass is 10.0. The normalized spacial score (nSPS) is 20.5. The van der Waals surface area contributed by atoms with Crippen molar-refractivity contribution in [3.63, 3.8) is 0 Å². The van der Waals surface area contributed by atoms with Crippen LogP contribution >= 0.6 is 11.3 Å². The van der Waals surface area contributed by atoms with E-state index in [2.05, 4.69) is 0 Å². The molecule has 6 nitrogen and oxygen atoms in total. The van der Waals surface area contributed by atoms with Crippen LogP contribution in [-0.2, 0) is 27.2 Å². The van der Waals surface area contributed by atoms with E-state index < -0.39 is 17.9 Å². The molecule has 1 atom stereocenters. The molecule has 1 aliphatic heterocycles. The zero-order valence-electron chi connectivity index (χ0n) is 14.3. The van der Waals surface area contributed by atoms with Gasteiger partial charge < -0.3 is 15.4 Å². The van der Waals surface area contributed by atoms with E-state index in [4.69, 9.17) is 10.5 Å². The van der Waals surface area contributed by atoms with Gasteiger partial charge in [0.05, 0.1) is 0 Å². The number of nitrogens with two attached hydrogens (primary N) is 1. The largest absolute Gasteiger partial charge is 0.451 e. The number of nitrogens with zero attached hydrogens (tertiary/aromatic N) is 1. The monoisotopic (exact) mass is 364 g/mol. The van der Waals surface area contributed by atoms with Gasteiger partial charge in [-0.15, -0.1) is 11.3 Å². The van der Waals surface area contributed by atoms with Crippen molar-refractivity contribution in [1.29, 1.82) is 0 Å². The number of primary amides is 1. The quantitative estimate of drug-likeness (QED) is 0.654. The Morgan fingerprint density at radius 3 is 2.76 bits per heavy atom. The summed E-state index contributed by atoms with van der Waals surface area (Å²) >= 11 is 1.48. The molecule has 7 heteroatoms. The fraction of sp³-hybridized carbons (Fsp3) is 0.611. The van der Waals surface area contributed by atoms with Crippen LogP contribution < -0.4 is 5.73 Å². The number of thiophene rings is 1. The fourth-order valence-electron chi connectivity index (χ4n) is 3.58. The molecule has 2 N–H and O–H groups in total. The van der Waals surface area contributed by atoms with Crippen molar-refractivity contribution in [1.82, 2.24) is 4.90 Å². The van der Waals surface area contributed by atoms with Crippen molar-refractivity contribution < 1.29 is 19.1 Å². The summed E-state index contributed by atoms with van der Waals surface area (Å²) in [5.74, 6) is -1.31. The van der Waals surface area contributed by atoms with Gasteiger partial charge in [0.1, 0.15) is 10.9 Å². The number of fused-ring (bicyclic) bond motifs is 1. The van der Waals surface area contributed by atoms with Crippen molar-refractivity contribution in [2.45, 2.75) is 57.4 Å². The van der Waals surface area contributed by atoms with Gasteiger partial charge in [-0.2, -0.15) is 0 Å². The summed E-state index contributed by atoms with van der Waals surface area (Å²) in [5, 5.41) is 0. The lowest BCUT2D eigenvalue weighted by molar-refractivity contribution is -0.143. The van der Waals surface area contributed by atoms with Crippen LogP contribution in [0, 0.1) is 0 Å². The van der Waals surface area contributed by atoms with Crippen LogP contribution in [0.5, 0.6) is 0 Å². The second-order valence-electron chi connectivity index (χ2n) is 6.70. The molecule has 25 heavy (non-hydrogen) atoms. The van der Waals surface area contributed by atoms with Gasteiger partial charge in [0, 0.05) is 11.4 Å². The summed E-state index contributed by atoms with van der Waals surface area (Å²) in [6.07, 6.45) is 7.84. The lowest BCUT2D eigenvalue weighted by Crippen LogP contribution is -2.51. The Hall–Kier alpha value is -1.89. The smallest absolute Gasteiger partial charge is 0.348 e. The van der Waals surface area contributed by atoms with Crippen LogP contribution in [0.4, 0.5) is 0 Å². The molecule has 0 saturated carbocycles. The number of hydrogen-bond acceptors (Lipinski definition) is 5. The molecule has 1 aromatic heterocycles. The predicted molar refractivity (Wildman–Crippen MR) is 94.4 cm³/mol. The third-order valence-corrected chi connectivity index (χ3v) is 6.14. The maximum atomic E-state index is 12.3. The Kier molecular flexibility index (Phi) is 5.73. The number of carbonyl (C=O) groups excluding carboxylic acids is 3. The zero-order chi connectivity index (χ0) is 17.8. The maximum Gasteiger partial charge on any atom is 0.348 e. The van der Waals surface area contributed by atoms with Gasteiger partial charge >= 0.3 is 5.97 Å². The highest BCUT2D eigenvalue weighted by Crippen LogP contribution is 2.29. The van der Waals surface area contributed by atoms with Crippen LogP contribution in [0.25, 0.3) is 0 Å². The molecule has 0 unspecified atom stereocenters.